The quantitative estimate of drug-likeness (QED) is 0.547. The zero-order chi connectivity index (χ0) is 19.2. The minimum atomic E-state index is -1.33. The van der Waals surface area contributed by atoms with Crippen LogP contribution in [0, 0.1) is 5.92 Å². The standard InChI is InChI=1S/C23H34O3/c1-6-8-9-10-14-23(24)16-22(25-5)20-13-12-19(15-21(20)26-23)18(4)17(3)11-7-2/h8-9,12-13,15-18,24H,6-7,10-11,14H2,1-5H3/b9-8+. The summed E-state index contributed by atoms with van der Waals surface area (Å²) in [6.07, 6.45) is 10.5. The first-order valence-electron chi connectivity index (χ1n) is 9.91. The molecule has 1 aliphatic heterocycles. The molecule has 1 aliphatic rings. The first-order valence-corrected chi connectivity index (χ1v) is 9.91. The molecule has 0 aliphatic carbocycles. The normalized spacial score (nSPS) is 21.7. The highest BCUT2D eigenvalue weighted by atomic mass is 16.6. The first-order chi connectivity index (χ1) is 12.4. The maximum Gasteiger partial charge on any atom is 0.232 e. The van der Waals surface area contributed by atoms with Gasteiger partial charge in [-0.3, -0.25) is 0 Å². The Balaban J connectivity index is 2.26. The number of allylic oxidation sites excluding steroid dienone is 2. The van der Waals surface area contributed by atoms with Gasteiger partial charge in [-0.05, 0) is 42.4 Å². The van der Waals surface area contributed by atoms with Crippen molar-refractivity contribution in [2.45, 2.75) is 71.5 Å². The fraction of sp³-hybridized carbons (Fsp3) is 0.565. The molecule has 0 saturated carbocycles. The van der Waals surface area contributed by atoms with Crippen LogP contribution in [-0.2, 0) is 4.74 Å². The van der Waals surface area contributed by atoms with Crippen molar-refractivity contribution in [1.29, 1.82) is 0 Å². The van der Waals surface area contributed by atoms with Crippen molar-refractivity contribution in [1.82, 2.24) is 0 Å². The summed E-state index contributed by atoms with van der Waals surface area (Å²) in [5.41, 5.74) is 2.15. The molecule has 0 spiro atoms. The predicted molar refractivity (Wildman–Crippen MR) is 108 cm³/mol. The van der Waals surface area contributed by atoms with Gasteiger partial charge < -0.3 is 14.6 Å². The molecule has 0 aromatic heterocycles. The van der Waals surface area contributed by atoms with E-state index in [1.807, 2.05) is 6.07 Å². The van der Waals surface area contributed by atoms with Gasteiger partial charge in [-0.15, -0.1) is 0 Å². The molecule has 1 aromatic carbocycles. The molecule has 0 radical (unpaired) electrons. The monoisotopic (exact) mass is 358 g/mol. The lowest BCUT2D eigenvalue weighted by molar-refractivity contribution is -0.102. The summed E-state index contributed by atoms with van der Waals surface area (Å²) < 4.78 is 11.6. The van der Waals surface area contributed by atoms with Crippen LogP contribution in [0.15, 0.2) is 36.4 Å². The fourth-order valence-corrected chi connectivity index (χ4v) is 3.51. The van der Waals surface area contributed by atoms with Gasteiger partial charge in [0.25, 0.3) is 0 Å². The van der Waals surface area contributed by atoms with Gasteiger partial charge >= 0.3 is 0 Å². The van der Waals surface area contributed by atoms with Crippen molar-refractivity contribution in [3.63, 3.8) is 0 Å². The van der Waals surface area contributed by atoms with Gasteiger partial charge in [0.2, 0.25) is 5.79 Å². The molecular weight excluding hydrogens is 324 g/mol. The highest BCUT2D eigenvalue weighted by Gasteiger charge is 2.34. The van der Waals surface area contributed by atoms with Crippen LogP contribution in [-0.4, -0.2) is 18.0 Å². The summed E-state index contributed by atoms with van der Waals surface area (Å²) in [6.45, 7) is 8.89. The van der Waals surface area contributed by atoms with Gasteiger partial charge in [-0.2, -0.15) is 0 Å². The fourth-order valence-electron chi connectivity index (χ4n) is 3.51. The van der Waals surface area contributed by atoms with E-state index in [-0.39, 0.29) is 0 Å². The van der Waals surface area contributed by atoms with E-state index in [1.54, 1.807) is 13.2 Å². The first kappa shape index (κ1) is 20.6. The van der Waals surface area contributed by atoms with E-state index in [2.05, 4.69) is 52.0 Å². The van der Waals surface area contributed by atoms with Gasteiger partial charge in [-0.1, -0.05) is 58.8 Å². The van der Waals surface area contributed by atoms with Crippen LogP contribution < -0.4 is 4.74 Å². The van der Waals surface area contributed by atoms with Crippen LogP contribution in [0.1, 0.15) is 76.8 Å². The molecule has 3 atom stereocenters. The smallest absolute Gasteiger partial charge is 0.232 e. The van der Waals surface area contributed by atoms with Crippen LogP contribution >= 0.6 is 0 Å². The maximum absolute atomic E-state index is 10.9. The Bertz CT molecular complexity index is 647. The Labute approximate surface area is 158 Å². The van der Waals surface area contributed by atoms with Gasteiger partial charge in [0.15, 0.2) is 0 Å². The maximum atomic E-state index is 10.9. The molecule has 1 N–H and O–H groups in total. The summed E-state index contributed by atoms with van der Waals surface area (Å²) in [7, 11) is 1.64. The Morgan fingerprint density at radius 3 is 2.65 bits per heavy atom. The molecule has 0 fully saturated rings. The van der Waals surface area contributed by atoms with Gasteiger partial charge in [0.05, 0.1) is 12.7 Å². The lowest BCUT2D eigenvalue weighted by atomic mass is 9.85. The second-order valence-corrected chi connectivity index (χ2v) is 7.39. The second-order valence-electron chi connectivity index (χ2n) is 7.39. The third-order valence-electron chi connectivity index (χ3n) is 5.33. The van der Waals surface area contributed by atoms with Crippen LogP contribution in [0.25, 0.3) is 5.76 Å². The highest BCUT2D eigenvalue weighted by molar-refractivity contribution is 5.69. The molecular formula is C23H34O3. The van der Waals surface area contributed by atoms with Gasteiger partial charge in [0, 0.05) is 12.5 Å². The molecule has 3 heteroatoms. The Hall–Kier alpha value is -1.74. The predicted octanol–water partition coefficient (Wildman–Crippen LogP) is 6.04. The number of fused-ring (bicyclic) bond motifs is 1. The van der Waals surface area contributed by atoms with E-state index in [9.17, 15) is 5.11 Å². The van der Waals surface area contributed by atoms with Crippen LogP contribution in [0.3, 0.4) is 0 Å². The summed E-state index contributed by atoms with van der Waals surface area (Å²) in [5.74, 6) is 1.11. The topological polar surface area (TPSA) is 38.7 Å². The van der Waals surface area contributed by atoms with E-state index in [0.717, 1.165) is 18.4 Å². The number of aliphatic hydroxyl groups is 1. The van der Waals surface area contributed by atoms with Crippen molar-refractivity contribution in [2.75, 3.05) is 7.11 Å². The lowest BCUT2D eigenvalue weighted by Gasteiger charge is -2.32. The van der Waals surface area contributed by atoms with E-state index in [4.69, 9.17) is 9.47 Å². The molecule has 3 nitrogen and oxygen atoms in total. The van der Waals surface area contributed by atoms with E-state index in [1.165, 1.54) is 18.4 Å². The number of rotatable bonds is 9. The van der Waals surface area contributed by atoms with Crippen LogP contribution in [0.4, 0.5) is 0 Å². The number of hydrogen-bond acceptors (Lipinski definition) is 3. The molecule has 26 heavy (non-hydrogen) atoms. The number of benzene rings is 1. The highest BCUT2D eigenvalue weighted by Crippen LogP contribution is 2.40. The van der Waals surface area contributed by atoms with E-state index < -0.39 is 5.79 Å². The molecule has 1 heterocycles. The Morgan fingerprint density at radius 2 is 2.00 bits per heavy atom. The van der Waals surface area contributed by atoms with Crippen molar-refractivity contribution in [3.8, 4) is 5.75 Å². The minimum Gasteiger partial charge on any atom is -0.496 e. The second kappa shape index (κ2) is 9.27. The van der Waals surface area contributed by atoms with E-state index in [0.29, 0.717) is 29.8 Å². The largest absolute Gasteiger partial charge is 0.496 e. The Morgan fingerprint density at radius 1 is 1.23 bits per heavy atom. The molecule has 144 valence electrons. The van der Waals surface area contributed by atoms with Gasteiger partial charge in [-0.25, -0.2) is 0 Å². The minimum absolute atomic E-state index is 0.446. The third kappa shape index (κ3) is 4.91. The van der Waals surface area contributed by atoms with Crippen molar-refractivity contribution < 1.29 is 14.6 Å². The molecule has 0 amide bonds. The summed E-state index contributed by atoms with van der Waals surface area (Å²) in [6, 6.07) is 6.27. The zero-order valence-corrected chi connectivity index (χ0v) is 16.9. The lowest BCUT2D eigenvalue weighted by Crippen LogP contribution is -2.36. The molecule has 0 bridgehead atoms. The number of ether oxygens (including phenoxy) is 2. The molecule has 2 rings (SSSR count). The number of hydrogen-bond donors (Lipinski definition) is 1. The molecule has 3 unspecified atom stereocenters. The molecule has 0 saturated heterocycles. The average Bonchev–Trinajstić information content (AvgIpc) is 2.63. The van der Waals surface area contributed by atoms with Crippen molar-refractivity contribution in [2.24, 2.45) is 5.92 Å². The van der Waals surface area contributed by atoms with Crippen molar-refractivity contribution in [3.05, 3.63) is 47.6 Å². The van der Waals surface area contributed by atoms with E-state index >= 15 is 0 Å². The molecule has 1 aromatic rings. The average molecular weight is 359 g/mol. The van der Waals surface area contributed by atoms with Gasteiger partial charge in [0.1, 0.15) is 11.5 Å². The van der Waals surface area contributed by atoms with Crippen LogP contribution in [0.5, 0.6) is 5.75 Å². The van der Waals surface area contributed by atoms with Crippen molar-refractivity contribution >= 4 is 5.76 Å². The van der Waals surface area contributed by atoms with Crippen LogP contribution in [0.2, 0.25) is 0 Å². The summed E-state index contributed by atoms with van der Waals surface area (Å²) in [5, 5.41) is 10.9. The zero-order valence-electron chi connectivity index (χ0n) is 16.9. The third-order valence-corrected chi connectivity index (χ3v) is 5.33. The summed E-state index contributed by atoms with van der Waals surface area (Å²) in [4.78, 5) is 0. The Kier molecular flexibility index (Phi) is 7.33. The number of methoxy groups -OCH3 is 1. The SMILES string of the molecule is CC/C=C/CCC1(O)C=C(OC)c2ccc(C(C)C(C)CCC)cc2O1. The summed E-state index contributed by atoms with van der Waals surface area (Å²) >= 11 is 0.